The van der Waals surface area contributed by atoms with Crippen molar-refractivity contribution in [3.05, 3.63) is 45.4 Å². The molecule has 1 heterocycles. The summed E-state index contributed by atoms with van der Waals surface area (Å²) in [6.45, 7) is 0.563. The minimum atomic E-state index is -0.485. The molecule has 0 aliphatic heterocycles. The van der Waals surface area contributed by atoms with Gasteiger partial charge >= 0.3 is 0 Å². The number of nitrogens with one attached hydrogen (secondary N) is 1. The highest BCUT2D eigenvalue weighted by molar-refractivity contribution is 6.31. The maximum Gasteiger partial charge on any atom is 0.271 e. The summed E-state index contributed by atoms with van der Waals surface area (Å²) in [5, 5.41) is 14.4. The Morgan fingerprint density at radius 1 is 1.45 bits per heavy atom. The Kier molecular flexibility index (Phi) is 3.42. The van der Waals surface area contributed by atoms with Gasteiger partial charge in [-0.05, 0) is 18.9 Å². The van der Waals surface area contributed by atoms with Crippen molar-refractivity contribution < 1.29 is 9.34 Å². The Labute approximate surface area is 119 Å². The Morgan fingerprint density at radius 3 is 2.95 bits per heavy atom. The van der Waals surface area contributed by atoms with Crippen LogP contribution < -0.4 is 5.32 Å². The summed E-state index contributed by atoms with van der Waals surface area (Å²) in [5.74, 6) is 1.04. The second-order valence-electron chi connectivity index (χ2n) is 4.73. The highest BCUT2D eigenvalue weighted by atomic mass is 35.5. The maximum absolute atomic E-state index is 10.8. The summed E-state index contributed by atoms with van der Waals surface area (Å²) in [6.07, 6.45) is 3.93. The number of aromatic nitrogens is 1. The average Bonchev–Trinajstić information content (AvgIpc) is 3.12. The molecule has 7 heteroatoms. The number of nitro benzene ring substituents is 1. The number of hydrogen-bond donors (Lipinski definition) is 1. The number of rotatable bonds is 5. The largest absolute Gasteiger partial charge is 0.439 e. The van der Waals surface area contributed by atoms with Crippen LogP contribution in [0.2, 0.25) is 5.02 Å². The SMILES string of the molecule is O=[N+]([O-])c1cc(Cl)cc(-c2cnc(CNC3CC3)o2)c1. The van der Waals surface area contributed by atoms with Crippen LogP contribution in [0.5, 0.6) is 0 Å². The van der Waals surface area contributed by atoms with Crippen LogP contribution in [-0.2, 0) is 6.54 Å². The van der Waals surface area contributed by atoms with Gasteiger partial charge in [0.25, 0.3) is 5.69 Å². The first-order valence-electron chi connectivity index (χ1n) is 6.25. The smallest absolute Gasteiger partial charge is 0.271 e. The minimum Gasteiger partial charge on any atom is -0.439 e. The second kappa shape index (κ2) is 5.22. The van der Waals surface area contributed by atoms with Crippen LogP contribution in [-0.4, -0.2) is 15.9 Å². The fraction of sp³-hybridized carbons (Fsp3) is 0.308. The lowest BCUT2D eigenvalue weighted by molar-refractivity contribution is -0.384. The molecule has 0 unspecified atom stereocenters. The Balaban J connectivity index is 1.82. The summed E-state index contributed by atoms with van der Waals surface area (Å²) in [7, 11) is 0. The van der Waals surface area contributed by atoms with Crippen molar-refractivity contribution in [2.45, 2.75) is 25.4 Å². The standard InChI is InChI=1S/C13H12ClN3O3/c14-9-3-8(4-11(5-9)17(18)19)12-6-16-13(20-12)7-15-10-1-2-10/h3-6,10,15H,1-2,7H2. The normalized spacial score (nSPS) is 14.4. The van der Waals surface area contributed by atoms with Crippen LogP contribution in [0, 0.1) is 10.1 Å². The van der Waals surface area contributed by atoms with E-state index in [2.05, 4.69) is 10.3 Å². The minimum absolute atomic E-state index is 0.0680. The van der Waals surface area contributed by atoms with Crippen molar-refractivity contribution in [3.63, 3.8) is 0 Å². The van der Waals surface area contributed by atoms with E-state index < -0.39 is 4.92 Å². The summed E-state index contributed by atoms with van der Waals surface area (Å²) in [6, 6.07) is 4.91. The molecule has 0 spiro atoms. The molecule has 3 rings (SSSR count). The lowest BCUT2D eigenvalue weighted by atomic mass is 10.1. The van der Waals surface area contributed by atoms with Gasteiger partial charge in [0.05, 0.1) is 17.7 Å². The van der Waals surface area contributed by atoms with E-state index >= 15 is 0 Å². The van der Waals surface area contributed by atoms with Gasteiger partial charge in [0.15, 0.2) is 5.76 Å². The highest BCUT2D eigenvalue weighted by Crippen LogP contribution is 2.29. The number of nitrogens with zero attached hydrogens (tertiary/aromatic N) is 2. The Morgan fingerprint density at radius 2 is 2.25 bits per heavy atom. The predicted octanol–water partition coefficient (Wildman–Crippen LogP) is 3.16. The number of benzene rings is 1. The van der Waals surface area contributed by atoms with Gasteiger partial charge in [-0.3, -0.25) is 10.1 Å². The van der Waals surface area contributed by atoms with E-state index in [0.29, 0.717) is 34.8 Å². The van der Waals surface area contributed by atoms with Crippen LogP contribution >= 0.6 is 11.6 Å². The molecule has 1 saturated carbocycles. The van der Waals surface area contributed by atoms with Gasteiger partial charge in [0.2, 0.25) is 5.89 Å². The molecule has 1 aromatic heterocycles. The van der Waals surface area contributed by atoms with E-state index in [1.165, 1.54) is 25.0 Å². The maximum atomic E-state index is 10.8. The molecule has 104 valence electrons. The molecule has 6 nitrogen and oxygen atoms in total. The van der Waals surface area contributed by atoms with Crippen LogP contribution in [0.4, 0.5) is 5.69 Å². The van der Waals surface area contributed by atoms with E-state index in [9.17, 15) is 10.1 Å². The molecule has 0 atom stereocenters. The van der Waals surface area contributed by atoms with Crippen molar-refractivity contribution >= 4 is 17.3 Å². The number of oxazole rings is 1. The second-order valence-corrected chi connectivity index (χ2v) is 5.17. The predicted molar refractivity (Wildman–Crippen MR) is 73.5 cm³/mol. The topological polar surface area (TPSA) is 81.2 Å². The monoisotopic (exact) mass is 293 g/mol. The fourth-order valence-electron chi connectivity index (χ4n) is 1.87. The van der Waals surface area contributed by atoms with Gasteiger partial charge < -0.3 is 9.73 Å². The molecule has 1 fully saturated rings. The first kappa shape index (κ1) is 13.1. The fourth-order valence-corrected chi connectivity index (χ4v) is 2.10. The van der Waals surface area contributed by atoms with Crippen molar-refractivity contribution in [1.82, 2.24) is 10.3 Å². The van der Waals surface area contributed by atoms with E-state index in [0.717, 1.165) is 0 Å². The third-order valence-electron chi connectivity index (χ3n) is 3.05. The van der Waals surface area contributed by atoms with E-state index in [1.807, 2.05) is 0 Å². The zero-order chi connectivity index (χ0) is 14.1. The lowest BCUT2D eigenvalue weighted by Gasteiger charge is -1.99. The van der Waals surface area contributed by atoms with E-state index in [1.54, 1.807) is 12.3 Å². The van der Waals surface area contributed by atoms with Gasteiger partial charge in [-0.2, -0.15) is 0 Å². The molecule has 0 bridgehead atoms. The van der Waals surface area contributed by atoms with E-state index in [-0.39, 0.29) is 5.69 Å². The molecule has 1 aromatic carbocycles. The average molecular weight is 294 g/mol. The number of halogens is 1. The summed E-state index contributed by atoms with van der Waals surface area (Å²) < 4.78 is 5.58. The Bertz CT molecular complexity index is 652. The molecular weight excluding hydrogens is 282 g/mol. The van der Waals surface area contributed by atoms with Crippen LogP contribution in [0.15, 0.2) is 28.8 Å². The molecule has 0 radical (unpaired) electrons. The molecular formula is C13H12ClN3O3. The van der Waals surface area contributed by atoms with Gasteiger partial charge in [-0.1, -0.05) is 11.6 Å². The number of nitro groups is 1. The quantitative estimate of drug-likeness (QED) is 0.676. The molecule has 1 aliphatic carbocycles. The van der Waals surface area contributed by atoms with Gasteiger partial charge in [-0.25, -0.2) is 4.98 Å². The highest BCUT2D eigenvalue weighted by Gasteiger charge is 2.21. The summed E-state index contributed by atoms with van der Waals surface area (Å²) in [4.78, 5) is 14.5. The van der Waals surface area contributed by atoms with Crippen molar-refractivity contribution in [3.8, 4) is 11.3 Å². The summed E-state index contributed by atoms with van der Waals surface area (Å²) >= 11 is 5.88. The third-order valence-corrected chi connectivity index (χ3v) is 3.27. The third kappa shape index (κ3) is 2.97. The van der Waals surface area contributed by atoms with Gasteiger partial charge in [0.1, 0.15) is 0 Å². The first-order chi connectivity index (χ1) is 9.61. The van der Waals surface area contributed by atoms with Gasteiger partial charge in [0, 0.05) is 28.8 Å². The van der Waals surface area contributed by atoms with E-state index in [4.69, 9.17) is 16.0 Å². The van der Waals surface area contributed by atoms with Crippen molar-refractivity contribution in [2.24, 2.45) is 0 Å². The van der Waals surface area contributed by atoms with Crippen molar-refractivity contribution in [1.29, 1.82) is 0 Å². The number of non-ortho nitro benzene ring substituents is 1. The lowest BCUT2D eigenvalue weighted by Crippen LogP contribution is -2.15. The summed E-state index contributed by atoms with van der Waals surface area (Å²) in [5.41, 5.74) is 0.482. The molecule has 0 amide bonds. The zero-order valence-corrected chi connectivity index (χ0v) is 11.3. The zero-order valence-electron chi connectivity index (χ0n) is 10.5. The number of hydrogen-bond acceptors (Lipinski definition) is 5. The van der Waals surface area contributed by atoms with Crippen LogP contribution in [0.3, 0.4) is 0 Å². The molecule has 1 N–H and O–H groups in total. The first-order valence-corrected chi connectivity index (χ1v) is 6.63. The Hall–Kier alpha value is -1.92. The molecule has 20 heavy (non-hydrogen) atoms. The molecule has 2 aromatic rings. The molecule has 1 aliphatic rings. The van der Waals surface area contributed by atoms with Crippen molar-refractivity contribution in [2.75, 3.05) is 0 Å². The van der Waals surface area contributed by atoms with Gasteiger partial charge in [-0.15, -0.1) is 0 Å². The van der Waals surface area contributed by atoms with Crippen LogP contribution in [0.25, 0.3) is 11.3 Å². The molecule has 0 saturated heterocycles. The van der Waals surface area contributed by atoms with Crippen LogP contribution in [0.1, 0.15) is 18.7 Å².